The number of aromatic nitrogens is 1. The van der Waals surface area contributed by atoms with E-state index in [0.29, 0.717) is 15.6 Å². The number of carbonyl (C=O) groups excluding carboxylic acids is 3. The third kappa shape index (κ3) is 5.58. The maximum absolute atomic E-state index is 14.1. The van der Waals surface area contributed by atoms with Gasteiger partial charge in [-0.3, -0.25) is 33.9 Å². The number of hydrogen-bond acceptors (Lipinski definition) is 9. The Kier molecular flexibility index (Phi) is 8.49. The fourth-order valence-electron chi connectivity index (χ4n) is 5.95. The molecule has 3 atom stereocenters. The lowest BCUT2D eigenvalue weighted by Crippen LogP contribution is -2.33. The number of amides is 3. The van der Waals surface area contributed by atoms with Gasteiger partial charge in [-0.15, -0.1) is 0 Å². The number of nitrogens with one attached hydrogen (secondary N) is 1. The zero-order valence-electron chi connectivity index (χ0n) is 24.7. The summed E-state index contributed by atoms with van der Waals surface area (Å²) in [7, 11) is 0. The quantitative estimate of drug-likeness (QED) is 0.146. The van der Waals surface area contributed by atoms with Crippen LogP contribution in [0.2, 0.25) is 0 Å². The van der Waals surface area contributed by atoms with Crippen LogP contribution in [0.25, 0.3) is 0 Å². The Bertz CT molecular complexity index is 1890. The van der Waals surface area contributed by atoms with Gasteiger partial charge in [-0.05, 0) is 67.9 Å². The highest BCUT2D eigenvalue weighted by Crippen LogP contribution is 2.54. The van der Waals surface area contributed by atoms with E-state index in [9.17, 15) is 33.7 Å². The first kappa shape index (κ1) is 31.2. The van der Waals surface area contributed by atoms with E-state index in [1.54, 1.807) is 0 Å². The standard InChI is InChI=1S/C32H28FN5O6S2/c1-3-35(4-2)21-11-5-18(6-12-21)25-26-27(30(41)37(29(26)40)22-13-15-23(16-14-22)38(43)44)45-31-28(25)46-32(42)36(31)17-24(39)34-20-9-7-19(33)8-10-20/h5-16,25-27H,3-4,17H2,1-2H3,(H,34,39)/t25-,26-,27+/m0/s1. The Morgan fingerprint density at radius 1 is 0.957 bits per heavy atom. The molecule has 14 heteroatoms. The van der Waals surface area contributed by atoms with Crippen molar-refractivity contribution in [2.45, 2.75) is 36.6 Å². The molecule has 6 rings (SSSR count). The summed E-state index contributed by atoms with van der Waals surface area (Å²) in [6.45, 7) is 5.34. The van der Waals surface area contributed by atoms with Crippen LogP contribution in [0, 0.1) is 21.8 Å². The van der Waals surface area contributed by atoms with Gasteiger partial charge >= 0.3 is 4.87 Å². The molecule has 1 aromatic heterocycles. The van der Waals surface area contributed by atoms with Gasteiger partial charge in [-0.25, -0.2) is 9.29 Å². The lowest BCUT2D eigenvalue weighted by molar-refractivity contribution is -0.384. The number of fused-ring (bicyclic) bond motifs is 2. The van der Waals surface area contributed by atoms with Crippen LogP contribution >= 0.6 is 23.1 Å². The number of non-ortho nitro benzene ring substituents is 1. The predicted molar refractivity (Wildman–Crippen MR) is 174 cm³/mol. The number of halogens is 1. The molecule has 3 amide bonds. The summed E-state index contributed by atoms with van der Waals surface area (Å²) in [5, 5.41) is 13.4. The molecule has 0 saturated carbocycles. The molecule has 2 aliphatic rings. The lowest BCUT2D eigenvalue weighted by Gasteiger charge is -2.31. The predicted octanol–water partition coefficient (Wildman–Crippen LogP) is 5.24. The summed E-state index contributed by atoms with van der Waals surface area (Å²) in [6.07, 6.45) is 0. The largest absolute Gasteiger partial charge is 0.372 e. The van der Waals surface area contributed by atoms with E-state index in [1.807, 2.05) is 24.3 Å². The fraction of sp³-hybridized carbons (Fsp3) is 0.250. The second kappa shape index (κ2) is 12.5. The molecule has 0 unspecified atom stereocenters. The number of benzene rings is 3. The Morgan fingerprint density at radius 3 is 2.22 bits per heavy atom. The molecule has 11 nitrogen and oxygen atoms in total. The van der Waals surface area contributed by atoms with E-state index in [4.69, 9.17) is 0 Å². The molecule has 1 saturated heterocycles. The number of anilines is 3. The minimum absolute atomic E-state index is 0.175. The van der Waals surface area contributed by atoms with E-state index in [0.717, 1.165) is 52.3 Å². The molecule has 2 aliphatic heterocycles. The normalized spacial score (nSPS) is 18.7. The number of hydrogen-bond donors (Lipinski definition) is 1. The van der Waals surface area contributed by atoms with Gasteiger partial charge in [-0.2, -0.15) is 0 Å². The van der Waals surface area contributed by atoms with Crippen molar-refractivity contribution in [1.82, 2.24) is 4.57 Å². The number of thiazole rings is 1. The van der Waals surface area contributed by atoms with Gasteiger partial charge in [0, 0.05) is 47.4 Å². The molecule has 46 heavy (non-hydrogen) atoms. The highest BCUT2D eigenvalue weighted by molar-refractivity contribution is 8.00. The highest BCUT2D eigenvalue weighted by Gasteiger charge is 2.56. The molecule has 3 heterocycles. The van der Waals surface area contributed by atoms with Crippen LogP contribution in [0.3, 0.4) is 0 Å². The van der Waals surface area contributed by atoms with Crippen molar-refractivity contribution < 1.29 is 23.7 Å². The third-order valence-electron chi connectivity index (χ3n) is 8.18. The minimum atomic E-state index is -0.914. The van der Waals surface area contributed by atoms with E-state index < -0.39 is 50.4 Å². The Morgan fingerprint density at radius 2 is 1.61 bits per heavy atom. The summed E-state index contributed by atoms with van der Waals surface area (Å²) in [5.74, 6) is -3.48. The number of nitro groups is 1. The van der Waals surface area contributed by atoms with Crippen LogP contribution in [0.1, 0.15) is 30.2 Å². The molecule has 1 fully saturated rings. The Labute approximate surface area is 270 Å². The molecule has 0 radical (unpaired) electrons. The Hall–Kier alpha value is -4.82. The number of rotatable bonds is 9. The maximum Gasteiger partial charge on any atom is 0.308 e. The van der Waals surface area contributed by atoms with Crippen molar-refractivity contribution in [1.29, 1.82) is 0 Å². The van der Waals surface area contributed by atoms with Gasteiger partial charge in [0.25, 0.3) is 5.69 Å². The summed E-state index contributed by atoms with van der Waals surface area (Å²) in [6, 6.07) is 18.1. The van der Waals surface area contributed by atoms with Crippen molar-refractivity contribution in [3.05, 3.63) is 109 Å². The molecule has 4 aromatic rings. The van der Waals surface area contributed by atoms with Crippen molar-refractivity contribution >= 4 is 63.6 Å². The number of nitro benzene ring substituents is 1. The lowest BCUT2D eigenvalue weighted by atomic mass is 9.83. The number of carbonyl (C=O) groups is 3. The molecule has 0 spiro atoms. The first-order valence-electron chi connectivity index (χ1n) is 14.5. The monoisotopic (exact) mass is 661 g/mol. The van der Waals surface area contributed by atoms with Gasteiger partial charge < -0.3 is 10.2 Å². The zero-order valence-corrected chi connectivity index (χ0v) is 26.3. The second-order valence-corrected chi connectivity index (χ2v) is 12.9. The van der Waals surface area contributed by atoms with Crippen molar-refractivity contribution in [3.63, 3.8) is 0 Å². The smallest absolute Gasteiger partial charge is 0.308 e. The fourth-order valence-corrected chi connectivity index (χ4v) is 8.72. The van der Waals surface area contributed by atoms with Crippen LogP contribution < -0.4 is 20.0 Å². The van der Waals surface area contributed by atoms with E-state index in [2.05, 4.69) is 24.1 Å². The van der Waals surface area contributed by atoms with Gasteiger partial charge in [0.05, 0.1) is 21.6 Å². The van der Waals surface area contributed by atoms with Crippen LogP contribution in [-0.4, -0.2) is 45.6 Å². The summed E-state index contributed by atoms with van der Waals surface area (Å²) in [4.78, 5) is 68.5. The molecule has 236 valence electrons. The topological polar surface area (TPSA) is 135 Å². The molecule has 3 aromatic carbocycles. The van der Waals surface area contributed by atoms with E-state index in [-0.39, 0.29) is 17.9 Å². The third-order valence-corrected chi connectivity index (χ3v) is 10.8. The first-order chi connectivity index (χ1) is 22.1. The number of nitrogens with zero attached hydrogens (tertiary/aromatic N) is 4. The minimum Gasteiger partial charge on any atom is -0.372 e. The first-order valence-corrected chi connectivity index (χ1v) is 16.2. The van der Waals surface area contributed by atoms with Crippen LogP contribution in [0.5, 0.6) is 0 Å². The van der Waals surface area contributed by atoms with Gasteiger partial charge in [-0.1, -0.05) is 35.2 Å². The number of thioether (sulfide) groups is 1. The highest BCUT2D eigenvalue weighted by atomic mass is 32.2. The van der Waals surface area contributed by atoms with Gasteiger partial charge in [0.15, 0.2) is 0 Å². The van der Waals surface area contributed by atoms with E-state index >= 15 is 0 Å². The summed E-state index contributed by atoms with van der Waals surface area (Å²) >= 11 is 2.01. The second-order valence-electron chi connectivity index (χ2n) is 10.8. The van der Waals surface area contributed by atoms with Crippen LogP contribution in [-0.2, 0) is 20.9 Å². The van der Waals surface area contributed by atoms with Gasteiger partial charge in [0.1, 0.15) is 17.6 Å². The van der Waals surface area contributed by atoms with Crippen LogP contribution in [0.4, 0.5) is 27.1 Å². The SMILES string of the molecule is CCN(CC)c1ccc([C@@H]2c3sc(=O)n(CC(=O)Nc4ccc(F)cc4)c3S[C@H]3C(=O)N(c4ccc([N+](=O)[O-])cc4)C(=O)[C@@H]23)cc1. The molecular weight excluding hydrogens is 634 g/mol. The summed E-state index contributed by atoms with van der Waals surface area (Å²) in [5.41, 5.74) is 2.12. The van der Waals surface area contributed by atoms with E-state index in [1.165, 1.54) is 53.1 Å². The van der Waals surface area contributed by atoms with Crippen LogP contribution in [0.15, 0.2) is 82.6 Å². The van der Waals surface area contributed by atoms with Crippen molar-refractivity contribution in [3.8, 4) is 0 Å². The maximum atomic E-state index is 14.1. The molecule has 0 aliphatic carbocycles. The molecule has 0 bridgehead atoms. The molecule has 1 N–H and O–H groups in total. The van der Waals surface area contributed by atoms with Crippen molar-refractivity contribution in [2.24, 2.45) is 5.92 Å². The number of imide groups is 1. The van der Waals surface area contributed by atoms with Gasteiger partial charge in [0.2, 0.25) is 17.7 Å². The molecular formula is C32H28FN5O6S2. The summed E-state index contributed by atoms with van der Waals surface area (Å²) < 4.78 is 14.7. The average Bonchev–Trinajstić information content (AvgIpc) is 3.49. The Balaban J connectivity index is 1.40. The zero-order chi connectivity index (χ0) is 32.7. The average molecular weight is 662 g/mol. The van der Waals surface area contributed by atoms with Crippen molar-refractivity contribution in [2.75, 3.05) is 28.2 Å².